The number of anilines is 1. The zero-order chi connectivity index (χ0) is 14.0. The minimum atomic E-state index is -0.596. The lowest BCUT2D eigenvalue weighted by Crippen LogP contribution is -2.29. The van der Waals surface area contributed by atoms with E-state index in [0.29, 0.717) is 16.3 Å². The number of rotatable bonds is 3. The quantitative estimate of drug-likeness (QED) is 0.676. The molecule has 0 aliphatic rings. The number of nitrogens with two attached hydrogens (primary N) is 1. The van der Waals surface area contributed by atoms with Crippen molar-refractivity contribution in [1.29, 1.82) is 0 Å². The Morgan fingerprint density at radius 1 is 1.11 bits per heavy atom. The minimum absolute atomic E-state index is 0.0297. The van der Waals surface area contributed by atoms with Crippen molar-refractivity contribution in [2.45, 2.75) is 19.3 Å². The molecular weight excluding hydrogens is 258 g/mol. The Kier molecular flexibility index (Phi) is 3.63. The van der Waals surface area contributed by atoms with E-state index in [9.17, 15) is 4.79 Å². The van der Waals surface area contributed by atoms with Gasteiger partial charge in [-0.1, -0.05) is 41.9 Å². The molecule has 0 unspecified atom stereocenters. The lowest BCUT2D eigenvalue weighted by molar-refractivity contribution is 0.0909. The van der Waals surface area contributed by atoms with Crippen LogP contribution in [-0.2, 0) is 5.41 Å². The molecule has 2 nitrogen and oxygen atoms in total. The average molecular weight is 274 g/mol. The van der Waals surface area contributed by atoms with Gasteiger partial charge in [-0.15, -0.1) is 0 Å². The third-order valence-corrected chi connectivity index (χ3v) is 3.67. The predicted molar refractivity (Wildman–Crippen MR) is 79.7 cm³/mol. The van der Waals surface area contributed by atoms with Crippen LogP contribution in [0.15, 0.2) is 48.5 Å². The monoisotopic (exact) mass is 273 g/mol. The van der Waals surface area contributed by atoms with Crippen LogP contribution < -0.4 is 5.73 Å². The fourth-order valence-electron chi connectivity index (χ4n) is 2.03. The Balaban J connectivity index is 2.40. The number of halogens is 1. The van der Waals surface area contributed by atoms with Gasteiger partial charge in [-0.2, -0.15) is 0 Å². The first kappa shape index (κ1) is 13.6. The van der Waals surface area contributed by atoms with E-state index >= 15 is 0 Å². The van der Waals surface area contributed by atoms with Gasteiger partial charge in [0.2, 0.25) is 0 Å². The summed E-state index contributed by atoms with van der Waals surface area (Å²) in [6.45, 7) is 3.82. The summed E-state index contributed by atoms with van der Waals surface area (Å²) in [4.78, 5) is 12.6. The van der Waals surface area contributed by atoms with E-state index in [-0.39, 0.29) is 5.78 Å². The zero-order valence-electron chi connectivity index (χ0n) is 11.0. The summed E-state index contributed by atoms with van der Waals surface area (Å²) in [6.07, 6.45) is 0. The van der Waals surface area contributed by atoms with Gasteiger partial charge in [0.1, 0.15) is 0 Å². The highest BCUT2D eigenvalue weighted by Gasteiger charge is 2.30. The fraction of sp³-hybridized carbons (Fsp3) is 0.188. The van der Waals surface area contributed by atoms with Gasteiger partial charge in [0.05, 0.1) is 16.1 Å². The maximum Gasteiger partial charge on any atom is 0.172 e. The highest BCUT2D eigenvalue weighted by atomic mass is 35.5. The van der Waals surface area contributed by atoms with Crippen molar-refractivity contribution in [3.63, 3.8) is 0 Å². The zero-order valence-corrected chi connectivity index (χ0v) is 11.7. The molecule has 0 aromatic heterocycles. The summed E-state index contributed by atoms with van der Waals surface area (Å²) in [5.74, 6) is 0.0297. The standard InChI is InChI=1S/C16H16ClNO/c1-16(2,12-6-4-3-5-7-12)15(19)11-8-9-13(17)14(18)10-11/h3-10H,18H2,1-2H3. The number of hydrogen-bond donors (Lipinski definition) is 1. The van der Waals surface area contributed by atoms with Gasteiger partial charge >= 0.3 is 0 Å². The van der Waals surface area contributed by atoms with Crippen LogP contribution in [0, 0.1) is 0 Å². The van der Waals surface area contributed by atoms with Crippen molar-refractivity contribution >= 4 is 23.1 Å². The number of carbonyl (C=O) groups is 1. The molecule has 0 atom stereocenters. The molecule has 0 aliphatic heterocycles. The summed E-state index contributed by atoms with van der Waals surface area (Å²) in [5, 5.41) is 0.467. The number of hydrogen-bond acceptors (Lipinski definition) is 2. The van der Waals surface area contributed by atoms with E-state index < -0.39 is 5.41 Å². The molecule has 0 amide bonds. The van der Waals surface area contributed by atoms with Gasteiger partial charge in [0, 0.05) is 5.56 Å². The Labute approximate surface area is 118 Å². The molecular formula is C16H16ClNO. The van der Waals surface area contributed by atoms with Crippen LogP contribution in [-0.4, -0.2) is 5.78 Å². The molecule has 2 aromatic rings. The summed E-state index contributed by atoms with van der Waals surface area (Å²) in [7, 11) is 0. The molecule has 3 heteroatoms. The molecule has 0 bridgehead atoms. The highest BCUT2D eigenvalue weighted by Crippen LogP contribution is 2.29. The number of ketones is 1. The molecule has 0 radical (unpaired) electrons. The van der Waals surface area contributed by atoms with Crippen molar-refractivity contribution in [3.8, 4) is 0 Å². The lowest BCUT2D eigenvalue weighted by Gasteiger charge is -2.24. The summed E-state index contributed by atoms with van der Waals surface area (Å²) < 4.78 is 0. The molecule has 0 aliphatic carbocycles. The second-order valence-electron chi connectivity index (χ2n) is 5.06. The summed E-state index contributed by atoms with van der Waals surface area (Å²) >= 11 is 5.88. The van der Waals surface area contributed by atoms with Crippen LogP contribution in [0.1, 0.15) is 29.8 Å². The predicted octanol–water partition coefficient (Wildman–Crippen LogP) is 4.08. The van der Waals surface area contributed by atoms with E-state index in [1.54, 1.807) is 18.2 Å². The smallest absolute Gasteiger partial charge is 0.172 e. The number of benzene rings is 2. The fourth-order valence-corrected chi connectivity index (χ4v) is 2.15. The molecule has 0 heterocycles. The lowest BCUT2D eigenvalue weighted by atomic mass is 9.78. The second-order valence-corrected chi connectivity index (χ2v) is 5.46. The van der Waals surface area contributed by atoms with E-state index in [1.807, 2.05) is 44.2 Å². The van der Waals surface area contributed by atoms with Gasteiger partial charge < -0.3 is 5.73 Å². The average Bonchev–Trinajstić information content (AvgIpc) is 2.42. The van der Waals surface area contributed by atoms with E-state index in [1.165, 1.54) is 0 Å². The molecule has 0 saturated heterocycles. The highest BCUT2D eigenvalue weighted by molar-refractivity contribution is 6.33. The normalized spacial score (nSPS) is 11.3. The number of carbonyl (C=O) groups excluding carboxylic acids is 1. The van der Waals surface area contributed by atoms with E-state index in [4.69, 9.17) is 17.3 Å². The third-order valence-electron chi connectivity index (χ3n) is 3.32. The van der Waals surface area contributed by atoms with Crippen LogP contribution in [0.5, 0.6) is 0 Å². The molecule has 98 valence electrons. The Bertz CT molecular complexity index is 605. The van der Waals surface area contributed by atoms with Crippen molar-refractivity contribution in [2.75, 3.05) is 5.73 Å². The van der Waals surface area contributed by atoms with Crippen molar-refractivity contribution in [1.82, 2.24) is 0 Å². The Morgan fingerprint density at radius 3 is 2.32 bits per heavy atom. The molecule has 2 N–H and O–H groups in total. The molecule has 19 heavy (non-hydrogen) atoms. The van der Waals surface area contributed by atoms with Crippen LogP contribution in [0.2, 0.25) is 5.02 Å². The molecule has 0 saturated carbocycles. The second kappa shape index (κ2) is 5.06. The SMILES string of the molecule is CC(C)(C(=O)c1ccc(Cl)c(N)c1)c1ccccc1. The number of Topliss-reactive ketones (excluding diaryl/α,β-unsaturated/α-hetero) is 1. The first-order valence-corrected chi connectivity index (χ1v) is 6.46. The Hall–Kier alpha value is -1.80. The number of nitrogen functional groups attached to an aromatic ring is 1. The van der Waals surface area contributed by atoms with Gasteiger partial charge in [0.25, 0.3) is 0 Å². The third kappa shape index (κ3) is 2.64. The van der Waals surface area contributed by atoms with Crippen molar-refractivity contribution in [3.05, 3.63) is 64.7 Å². The topological polar surface area (TPSA) is 43.1 Å². The van der Waals surface area contributed by atoms with E-state index in [0.717, 1.165) is 5.56 Å². The summed E-state index contributed by atoms with van der Waals surface area (Å²) in [5.41, 5.74) is 7.15. The molecule has 2 aromatic carbocycles. The van der Waals surface area contributed by atoms with Gasteiger partial charge in [-0.25, -0.2) is 0 Å². The minimum Gasteiger partial charge on any atom is -0.398 e. The van der Waals surface area contributed by atoms with Crippen molar-refractivity contribution < 1.29 is 4.79 Å². The first-order chi connectivity index (χ1) is 8.93. The first-order valence-electron chi connectivity index (χ1n) is 6.08. The molecule has 0 spiro atoms. The maximum absolute atomic E-state index is 12.6. The van der Waals surface area contributed by atoms with Crippen molar-refractivity contribution in [2.24, 2.45) is 0 Å². The van der Waals surface area contributed by atoms with Crippen LogP contribution in [0.3, 0.4) is 0 Å². The Morgan fingerprint density at radius 2 is 1.74 bits per heavy atom. The molecule has 0 fully saturated rings. The van der Waals surface area contributed by atoms with Crippen LogP contribution >= 0.6 is 11.6 Å². The van der Waals surface area contributed by atoms with Gasteiger partial charge in [0.15, 0.2) is 5.78 Å². The summed E-state index contributed by atoms with van der Waals surface area (Å²) in [6, 6.07) is 14.7. The van der Waals surface area contributed by atoms with Crippen LogP contribution in [0.25, 0.3) is 0 Å². The van der Waals surface area contributed by atoms with E-state index in [2.05, 4.69) is 0 Å². The largest absolute Gasteiger partial charge is 0.398 e. The van der Waals surface area contributed by atoms with Crippen LogP contribution in [0.4, 0.5) is 5.69 Å². The maximum atomic E-state index is 12.6. The van der Waals surface area contributed by atoms with Gasteiger partial charge in [-0.05, 0) is 37.6 Å². The molecule has 2 rings (SSSR count). The van der Waals surface area contributed by atoms with Gasteiger partial charge in [-0.3, -0.25) is 4.79 Å².